The Morgan fingerprint density at radius 2 is 1.30 bits per heavy atom. The van der Waals surface area contributed by atoms with Gasteiger partial charge in [-0.2, -0.15) is 0 Å². The van der Waals surface area contributed by atoms with Crippen LogP contribution >= 0.6 is 11.6 Å². The lowest BCUT2D eigenvalue weighted by molar-refractivity contribution is -0.161. The number of aliphatic carboxylic acids is 1. The molecule has 0 amide bonds. The lowest BCUT2D eigenvalue weighted by atomic mass is 9.82. The Labute approximate surface area is 181 Å². The molecule has 2 rings (SSSR count). The second-order valence-electron chi connectivity index (χ2n) is 7.98. The molecular weight excluding hydrogens is 416 g/mol. The monoisotopic (exact) mass is 446 g/mol. The Morgan fingerprint density at radius 3 is 1.87 bits per heavy atom. The fraction of sp³-hybridized carbons (Fsp3) is 0.810. The molecule has 0 bridgehead atoms. The highest BCUT2D eigenvalue weighted by Gasteiger charge is 2.34. The zero-order valence-electron chi connectivity index (χ0n) is 17.2. The number of alkyl halides is 1. The zero-order valence-corrected chi connectivity index (χ0v) is 17.9. The zero-order chi connectivity index (χ0) is 21.9. The predicted molar refractivity (Wildman–Crippen MR) is 107 cm³/mol. The van der Waals surface area contributed by atoms with E-state index in [1.165, 1.54) is 0 Å². The van der Waals surface area contributed by atoms with E-state index >= 15 is 0 Å². The van der Waals surface area contributed by atoms with Crippen LogP contribution in [0, 0.1) is 17.8 Å². The van der Waals surface area contributed by atoms with Crippen LogP contribution < -0.4 is 0 Å². The van der Waals surface area contributed by atoms with Crippen molar-refractivity contribution >= 4 is 35.5 Å². The lowest BCUT2D eigenvalue weighted by Crippen LogP contribution is -2.32. The molecule has 0 unspecified atom stereocenters. The van der Waals surface area contributed by atoms with Gasteiger partial charge < -0.3 is 19.3 Å². The Kier molecular flexibility index (Phi) is 10.4. The normalized spacial score (nSPS) is 26.4. The maximum absolute atomic E-state index is 12.4. The van der Waals surface area contributed by atoms with Crippen LogP contribution in [0.25, 0.3) is 0 Å². The van der Waals surface area contributed by atoms with Crippen LogP contribution in [0.5, 0.6) is 0 Å². The first-order valence-corrected chi connectivity index (χ1v) is 11.3. The Hall–Kier alpha value is -1.83. The van der Waals surface area contributed by atoms with Crippen LogP contribution in [0.3, 0.4) is 0 Å². The van der Waals surface area contributed by atoms with Crippen LogP contribution in [0.4, 0.5) is 0 Å². The van der Waals surface area contributed by atoms with Gasteiger partial charge in [0, 0.05) is 12.3 Å². The molecule has 170 valence electrons. The maximum Gasteiger partial charge on any atom is 0.309 e. The van der Waals surface area contributed by atoms with Crippen LogP contribution in [0.15, 0.2) is 0 Å². The molecule has 0 aromatic rings. The SMILES string of the molecule is O=C(CCCl)OCCCOC(=O)C1CCC(C(=O)OC2CCC(C(=O)O)CC2)CC1. The van der Waals surface area contributed by atoms with E-state index in [1.54, 1.807) is 0 Å². The highest BCUT2D eigenvalue weighted by atomic mass is 35.5. The van der Waals surface area contributed by atoms with Crippen molar-refractivity contribution in [3.63, 3.8) is 0 Å². The summed E-state index contributed by atoms with van der Waals surface area (Å²) < 4.78 is 15.8. The molecule has 1 N–H and O–H groups in total. The minimum atomic E-state index is -0.780. The van der Waals surface area contributed by atoms with Gasteiger partial charge in [0.25, 0.3) is 0 Å². The number of hydrogen-bond acceptors (Lipinski definition) is 7. The average molecular weight is 447 g/mol. The number of esters is 3. The summed E-state index contributed by atoms with van der Waals surface area (Å²) in [5.41, 5.74) is 0. The first-order chi connectivity index (χ1) is 14.4. The van der Waals surface area contributed by atoms with Crippen molar-refractivity contribution in [1.82, 2.24) is 0 Å². The van der Waals surface area contributed by atoms with E-state index in [-0.39, 0.29) is 67.3 Å². The number of hydrogen-bond donors (Lipinski definition) is 1. The molecule has 30 heavy (non-hydrogen) atoms. The van der Waals surface area contributed by atoms with Crippen molar-refractivity contribution in [3.8, 4) is 0 Å². The van der Waals surface area contributed by atoms with Gasteiger partial charge in [0.05, 0.1) is 37.4 Å². The highest BCUT2D eigenvalue weighted by molar-refractivity contribution is 6.18. The van der Waals surface area contributed by atoms with Crippen LogP contribution in [0.2, 0.25) is 0 Å². The largest absolute Gasteiger partial charge is 0.481 e. The summed E-state index contributed by atoms with van der Waals surface area (Å²) >= 11 is 5.44. The molecule has 8 nitrogen and oxygen atoms in total. The predicted octanol–water partition coefficient (Wildman–Crippen LogP) is 3.08. The average Bonchev–Trinajstić information content (AvgIpc) is 2.74. The number of carboxylic acid groups (broad SMARTS) is 1. The summed E-state index contributed by atoms with van der Waals surface area (Å²) in [5.74, 6) is -2.21. The molecule has 9 heteroatoms. The number of carboxylic acids is 1. The molecule has 0 aromatic heterocycles. The van der Waals surface area contributed by atoms with Gasteiger partial charge in [-0.15, -0.1) is 11.6 Å². The first-order valence-electron chi connectivity index (χ1n) is 10.7. The summed E-state index contributed by atoms with van der Waals surface area (Å²) in [6.45, 7) is 0.379. The summed E-state index contributed by atoms with van der Waals surface area (Å²) in [7, 11) is 0. The van der Waals surface area contributed by atoms with Crippen molar-refractivity contribution in [2.75, 3.05) is 19.1 Å². The van der Waals surface area contributed by atoms with Crippen molar-refractivity contribution in [1.29, 1.82) is 0 Å². The van der Waals surface area contributed by atoms with Crippen molar-refractivity contribution in [2.24, 2.45) is 17.8 Å². The summed E-state index contributed by atoms with van der Waals surface area (Å²) in [5, 5.41) is 9.03. The van der Waals surface area contributed by atoms with Crippen molar-refractivity contribution in [3.05, 3.63) is 0 Å². The van der Waals surface area contributed by atoms with Crippen LogP contribution in [0.1, 0.15) is 64.2 Å². The van der Waals surface area contributed by atoms with E-state index < -0.39 is 5.97 Å². The van der Waals surface area contributed by atoms with Gasteiger partial charge >= 0.3 is 23.9 Å². The molecule has 2 aliphatic carbocycles. The minimum Gasteiger partial charge on any atom is -0.481 e. The van der Waals surface area contributed by atoms with Gasteiger partial charge in [0.1, 0.15) is 6.10 Å². The number of carbonyl (C=O) groups excluding carboxylic acids is 3. The molecule has 0 aromatic carbocycles. The maximum atomic E-state index is 12.4. The quantitative estimate of drug-likeness (QED) is 0.235. The molecule has 0 atom stereocenters. The highest BCUT2D eigenvalue weighted by Crippen LogP contribution is 2.32. The van der Waals surface area contributed by atoms with Crippen molar-refractivity contribution in [2.45, 2.75) is 70.3 Å². The van der Waals surface area contributed by atoms with Gasteiger partial charge in [-0.25, -0.2) is 0 Å². The summed E-state index contributed by atoms with van der Waals surface area (Å²) in [6.07, 6.45) is 4.98. The number of rotatable bonds is 10. The van der Waals surface area contributed by atoms with Gasteiger partial charge in [-0.1, -0.05) is 0 Å². The van der Waals surface area contributed by atoms with Crippen LogP contribution in [-0.2, 0) is 33.4 Å². The summed E-state index contributed by atoms with van der Waals surface area (Å²) in [6, 6.07) is 0. The van der Waals surface area contributed by atoms with Gasteiger partial charge in [0.2, 0.25) is 0 Å². The third kappa shape index (κ3) is 8.13. The molecule has 0 spiro atoms. The van der Waals surface area contributed by atoms with E-state index in [2.05, 4.69) is 0 Å². The molecule has 2 saturated carbocycles. The topological polar surface area (TPSA) is 116 Å². The van der Waals surface area contributed by atoms with Gasteiger partial charge in [0.15, 0.2) is 0 Å². The van der Waals surface area contributed by atoms with E-state index in [0.29, 0.717) is 57.8 Å². The molecule has 0 saturated heterocycles. The van der Waals surface area contributed by atoms with E-state index in [1.807, 2.05) is 0 Å². The molecule has 2 fully saturated rings. The Morgan fingerprint density at radius 1 is 0.767 bits per heavy atom. The van der Waals surface area contributed by atoms with Crippen molar-refractivity contribution < 1.29 is 38.5 Å². The molecular formula is C21H31ClO8. The third-order valence-corrected chi connectivity index (χ3v) is 5.98. The Balaban J connectivity index is 1.58. The molecule has 0 heterocycles. The molecule has 0 aliphatic heterocycles. The minimum absolute atomic E-state index is 0.163. The first kappa shape index (κ1) is 24.4. The van der Waals surface area contributed by atoms with E-state index in [9.17, 15) is 19.2 Å². The number of carbonyl (C=O) groups is 4. The number of ether oxygens (including phenoxy) is 3. The molecule has 0 radical (unpaired) electrons. The Bertz CT molecular complexity index is 592. The second kappa shape index (κ2) is 12.8. The fourth-order valence-corrected chi connectivity index (χ4v) is 4.09. The lowest BCUT2D eigenvalue weighted by Gasteiger charge is -2.30. The van der Waals surface area contributed by atoms with Gasteiger partial charge in [-0.3, -0.25) is 19.2 Å². The van der Waals surface area contributed by atoms with E-state index in [0.717, 1.165) is 0 Å². The molecule has 2 aliphatic rings. The second-order valence-corrected chi connectivity index (χ2v) is 8.36. The van der Waals surface area contributed by atoms with Crippen LogP contribution in [-0.4, -0.2) is 54.2 Å². The van der Waals surface area contributed by atoms with E-state index in [4.69, 9.17) is 30.9 Å². The van der Waals surface area contributed by atoms with Gasteiger partial charge in [-0.05, 0) is 51.4 Å². The third-order valence-electron chi connectivity index (χ3n) is 5.79. The fourth-order valence-electron chi connectivity index (χ4n) is 3.94. The smallest absolute Gasteiger partial charge is 0.309 e. The standard InChI is InChI=1S/C21H31ClO8/c22-11-10-18(23)28-12-1-13-29-20(26)15-2-4-16(5-3-15)21(27)30-17-8-6-14(7-9-17)19(24)25/h14-17H,1-13H2,(H,24,25). The number of halogens is 1. The summed E-state index contributed by atoms with van der Waals surface area (Å²) in [4.78, 5) is 46.7.